The minimum atomic E-state index is -0.177. The maximum absolute atomic E-state index is 8.96. The quantitative estimate of drug-likeness (QED) is 0.362. The molecule has 1 unspecified atom stereocenters. The van der Waals surface area contributed by atoms with Crippen molar-refractivity contribution in [2.45, 2.75) is 25.3 Å². The number of aliphatic hydroxyl groups excluding tert-OH is 4. The number of rotatable bonds is 8. The SMILES string of the molecule is C1CCNC1.OCCC(CO)N(CCO)CCO. The van der Waals surface area contributed by atoms with Crippen LogP contribution in [0.5, 0.6) is 0 Å². The van der Waals surface area contributed by atoms with Crippen LogP contribution in [0.2, 0.25) is 0 Å². The van der Waals surface area contributed by atoms with Crippen LogP contribution in [0.3, 0.4) is 0 Å². The van der Waals surface area contributed by atoms with Crippen molar-refractivity contribution in [3.05, 3.63) is 0 Å². The van der Waals surface area contributed by atoms with Crippen LogP contribution in [0, 0.1) is 0 Å². The van der Waals surface area contributed by atoms with E-state index in [1.807, 2.05) is 0 Å². The van der Waals surface area contributed by atoms with Crippen LogP contribution in [0.25, 0.3) is 0 Å². The standard InChI is InChI=1S/C8H19NO4.C4H9N/c10-4-1-8(7-13)9(2-5-11)3-6-12;1-2-4-5-3-1/h8,10-13H,1-7H2;5H,1-4H2. The first-order valence-electron chi connectivity index (χ1n) is 6.68. The first-order chi connectivity index (χ1) is 8.79. The summed E-state index contributed by atoms with van der Waals surface area (Å²) in [5, 5.41) is 38.3. The van der Waals surface area contributed by atoms with Gasteiger partial charge in [-0.15, -0.1) is 0 Å². The highest BCUT2D eigenvalue weighted by Gasteiger charge is 2.15. The molecule has 0 spiro atoms. The summed E-state index contributed by atoms with van der Waals surface area (Å²) in [6.45, 7) is 3.22. The van der Waals surface area contributed by atoms with Gasteiger partial charge in [0.25, 0.3) is 0 Å². The lowest BCUT2D eigenvalue weighted by molar-refractivity contribution is 0.0690. The molecule has 110 valence electrons. The Morgan fingerprint density at radius 3 is 1.72 bits per heavy atom. The molecule has 1 fully saturated rings. The Morgan fingerprint density at radius 1 is 0.889 bits per heavy atom. The second-order valence-electron chi connectivity index (χ2n) is 4.29. The molecule has 6 nitrogen and oxygen atoms in total. The Labute approximate surface area is 109 Å². The van der Waals surface area contributed by atoms with Crippen molar-refractivity contribution in [3.63, 3.8) is 0 Å². The van der Waals surface area contributed by atoms with Crippen LogP contribution < -0.4 is 5.32 Å². The van der Waals surface area contributed by atoms with Gasteiger partial charge in [-0.3, -0.25) is 4.90 Å². The van der Waals surface area contributed by atoms with Crippen LogP contribution in [-0.4, -0.2) is 84.0 Å². The van der Waals surface area contributed by atoms with Gasteiger partial charge in [0, 0.05) is 25.7 Å². The number of nitrogens with one attached hydrogen (secondary N) is 1. The normalized spacial score (nSPS) is 16.5. The summed E-state index contributed by atoms with van der Waals surface area (Å²) in [5.74, 6) is 0. The summed E-state index contributed by atoms with van der Waals surface area (Å²) in [7, 11) is 0. The van der Waals surface area contributed by atoms with E-state index in [0.717, 1.165) is 0 Å². The third-order valence-electron chi connectivity index (χ3n) is 2.92. The average Bonchev–Trinajstić information content (AvgIpc) is 2.95. The van der Waals surface area contributed by atoms with Crippen molar-refractivity contribution in [2.24, 2.45) is 0 Å². The molecule has 1 heterocycles. The molecule has 0 amide bonds. The van der Waals surface area contributed by atoms with Gasteiger partial charge in [0.15, 0.2) is 0 Å². The lowest BCUT2D eigenvalue weighted by Crippen LogP contribution is -2.42. The van der Waals surface area contributed by atoms with E-state index >= 15 is 0 Å². The molecule has 0 aliphatic carbocycles. The zero-order chi connectivity index (χ0) is 13.6. The van der Waals surface area contributed by atoms with Gasteiger partial charge in [-0.1, -0.05) is 0 Å². The summed E-state index contributed by atoms with van der Waals surface area (Å²) >= 11 is 0. The van der Waals surface area contributed by atoms with Crippen LogP contribution >= 0.6 is 0 Å². The van der Waals surface area contributed by atoms with E-state index < -0.39 is 0 Å². The Bertz CT molecular complexity index is 155. The molecule has 18 heavy (non-hydrogen) atoms. The Balaban J connectivity index is 0.000000473. The van der Waals surface area contributed by atoms with Gasteiger partial charge in [-0.2, -0.15) is 0 Å². The van der Waals surface area contributed by atoms with E-state index in [-0.39, 0.29) is 32.5 Å². The fourth-order valence-electron chi connectivity index (χ4n) is 1.90. The second kappa shape index (κ2) is 13.2. The monoisotopic (exact) mass is 264 g/mol. The van der Waals surface area contributed by atoms with Crippen LogP contribution in [0.4, 0.5) is 0 Å². The van der Waals surface area contributed by atoms with Gasteiger partial charge in [-0.05, 0) is 32.4 Å². The molecule has 0 aromatic carbocycles. The van der Waals surface area contributed by atoms with Crippen molar-refractivity contribution in [1.29, 1.82) is 0 Å². The number of nitrogens with zero attached hydrogens (tertiary/aromatic N) is 1. The minimum Gasteiger partial charge on any atom is -0.396 e. The summed E-state index contributed by atoms with van der Waals surface area (Å²) in [4.78, 5) is 1.76. The summed E-state index contributed by atoms with van der Waals surface area (Å²) in [6.07, 6.45) is 3.23. The molecular formula is C12H28N2O4. The smallest absolute Gasteiger partial charge is 0.0587 e. The van der Waals surface area contributed by atoms with Crippen molar-refractivity contribution < 1.29 is 20.4 Å². The molecule has 0 aromatic rings. The highest BCUT2D eigenvalue weighted by Crippen LogP contribution is 2.02. The van der Waals surface area contributed by atoms with E-state index in [0.29, 0.717) is 19.5 Å². The summed E-state index contributed by atoms with van der Waals surface area (Å²) < 4.78 is 0. The van der Waals surface area contributed by atoms with Crippen molar-refractivity contribution in [2.75, 3.05) is 52.6 Å². The van der Waals surface area contributed by atoms with Gasteiger partial charge < -0.3 is 25.7 Å². The van der Waals surface area contributed by atoms with Gasteiger partial charge in [0.1, 0.15) is 0 Å². The molecule has 5 N–H and O–H groups in total. The minimum absolute atomic E-state index is 0.00140. The van der Waals surface area contributed by atoms with Crippen molar-refractivity contribution in [1.82, 2.24) is 10.2 Å². The first kappa shape index (κ1) is 17.8. The van der Waals surface area contributed by atoms with E-state index in [9.17, 15) is 0 Å². The lowest BCUT2D eigenvalue weighted by atomic mass is 10.2. The van der Waals surface area contributed by atoms with E-state index in [2.05, 4.69) is 5.32 Å². The first-order valence-corrected chi connectivity index (χ1v) is 6.68. The van der Waals surface area contributed by atoms with Gasteiger partial charge in [0.05, 0.1) is 19.8 Å². The van der Waals surface area contributed by atoms with Gasteiger partial charge in [0.2, 0.25) is 0 Å². The number of aliphatic hydroxyl groups is 4. The summed E-state index contributed by atoms with van der Waals surface area (Å²) in [5.41, 5.74) is 0. The number of hydrogen-bond donors (Lipinski definition) is 5. The zero-order valence-electron chi connectivity index (χ0n) is 11.1. The average molecular weight is 264 g/mol. The van der Waals surface area contributed by atoms with Crippen LogP contribution in [-0.2, 0) is 0 Å². The van der Waals surface area contributed by atoms with Gasteiger partial charge >= 0.3 is 0 Å². The van der Waals surface area contributed by atoms with Crippen molar-refractivity contribution >= 4 is 0 Å². The van der Waals surface area contributed by atoms with Gasteiger partial charge in [-0.25, -0.2) is 0 Å². The molecule has 6 heteroatoms. The molecule has 1 aliphatic rings. The third-order valence-corrected chi connectivity index (χ3v) is 2.92. The molecular weight excluding hydrogens is 236 g/mol. The molecule has 0 radical (unpaired) electrons. The topological polar surface area (TPSA) is 96.2 Å². The highest BCUT2D eigenvalue weighted by atomic mass is 16.3. The molecule has 1 saturated heterocycles. The lowest BCUT2D eigenvalue weighted by Gasteiger charge is -2.28. The van der Waals surface area contributed by atoms with E-state index in [1.54, 1.807) is 4.90 Å². The van der Waals surface area contributed by atoms with E-state index in [4.69, 9.17) is 20.4 Å². The number of hydrogen-bond acceptors (Lipinski definition) is 6. The third kappa shape index (κ3) is 8.79. The van der Waals surface area contributed by atoms with Crippen LogP contribution in [0.15, 0.2) is 0 Å². The second-order valence-corrected chi connectivity index (χ2v) is 4.29. The maximum atomic E-state index is 8.96. The maximum Gasteiger partial charge on any atom is 0.0587 e. The van der Waals surface area contributed by atoms with Crippen LogP contribution in [0.1, 0.15) is 19.3 Å². The Kier molecular flexibility index (Phi) is 13.0. The Hall–Kier alpha value is -0.240. The molecule has 1 rings (SSSR count). The largest absolute Gasteiger partial charge is 0.396 e. The zero-order valence-corrected chi connectivity index (χ0v) is 11.1. The molecule has 1 aliphatic heterocycles. The Morgan fingerprint density at radius 2 is 1.44 bits per heavy atom. The fourth-order valence-corrected chi connectivity index (χ4v) is 1.90. The molecule has 1 atom stereocenters. The summed E-state index contributed by atoms with van der Waals surface area (Å²) in [6, 6.07) is -0.177. The molecule has 0 aromatic heterocycles. The van der Waals surface area contributed by atoms with Crippen molar-refractivity contribution in [3.8, 4) is 0 Å². The highest BCUT2D eigenvalue weighted by molar-refractivity contribution is 4.70. The molecule has 0 saturated carbocycles. The predicted octanol–water partition coefficient (Wildman–Crippen LogP) is -1.61. The molecule has 0 bridgehead atoms. The fraction of sp³-hybridized carbons (Fsp3) is 1.00. The van der Waals surface area contributed by atoms with E-state index in [1.165, 1.54) is 25.9 Å². The predicted molar refractivity (Wildman–Crippen MR) is 70.4 cm³/mol.